The SMILES string of the molecule is CC[C@@H]1CN(C(=O)Nc2ccc(-n3nccn3)cc2)[C@H](CC)CN1CC(C)(C)O. The molecule has 2 N–H and O–H groups in total. The summed E-state index contributed by atoms with van der Waals surface area (Å²) in [7, 11) is 0. The van der Waals surface area contributed by atoms with Crippen LogP contribution in [0.5, 0.6) is 0 Å². The van der Waals surface area contributed by atoms with Gasteiger partial charge in [-0.15, -0.1) is 0 Å². The van der Waals surface area contributed by atoms with E-state index in [0.717, 1.165) is 30.8 Å². The van der Waals surface area contributed by atoms with Crippen molar-refractivity contribution in [2.45, 2.75) is 58.2 Å². The van der Waals surface area contributed by atoms with Gasteiger partial charge < -0.3 is 15.3 Å². The lowest BCUT2D eigenvalue weighted by atomic mass is 10.00. The summed E-state index contributed by atoms with van der Waals surface area (Å²) in [6, 6.07) is 7.75. The minimum atomic E-state index is -0.749. The maximum Gasteiger partial charge on any atom is 0.322 e. The smallest absolute Gasteiger partial charge is 0.322 e. The van der Waals surface area contributed by atoms with E-state index in [4.69, 9.17) is 0 Å². The Morgan fingerprint density at radius 3 is 2.28 bits per heavy atom. The Labute approximate surface area is 172 Å². The zero-order valence-electron chi connectivity index (χ0n) is 17.7. The van der Waals surface area contributed by atoms with E-state index in [1.54, 1.807) is 12.4 Å². The van der Waals surface area contributed by atoms with Crippen molar-refractivity contribution in [2.24, 2.45) is 0 Å². The van der Waals surface area contributed by atoms with Crippen molar-refractivity contribution < 1.29 is 9.90 Å². The van der Waals surface area contributed by atoms with E-state index in [1.165, 1.54) is 4.80 Å². The number of amides is 2. The summed E-state index contributed by atoms with van der Waals surface area (Å²) in [5.41, 5.74) is 0.833. The van der Waals surface area contributed by atoms with Crippen LogP contribution in [0, 0.1) is 0 Å². The molecule has 8 nitrogen and oxygen atoms in total. The van der Waals surface area contributed by atoms with Gasteiger partial charge in [0.1, 0.15) is 0 Å². The molecule has 1 aromatic carbocycles. The third-order valence-corrected chi connectivity index (χ3v) is 5.37. The second-order valence-electron chi connectivity index (χ2n) is 8.31. The monoisotopic (exact) mass is 400 g/mol. The summed E-state index contributed by atoms with van der Waals surface area (Å²) in [5, 5.41) is 21.5. The van der Waals surface area contributed by atoms with Crippen LogP contribution >= 0.6 is 0 Å². The molecule has 0 unspecified atom stereocenters. The first-order valence-electron chi connectivity index (χ1n) is 10.3. The molecule has 2 heterocycles. The van der Waals surface area contributed by atoms with Gasteiger partial charge in [0.25, 0.3) is 0 Å². The van der Waals surface area contributed by atoms with Crippen LogP contribution in [0.2, 0.25) is 0 Å². The first kappa shape index (κ1) is 21.3. The van der Waals surface area contributed by atoms with E-state index < -0.39 is 5.60 Å². The Bertz CT molecular complexity index is 785. The molecule has 2 amide bonds. The molecule has 158 valence electrons. The molecule has 1 aliphatic heterocycles. The fraction of sp³-hybridized carbons (Fsp3) is 0.571. The number of benzene rings is 1. The van der Waals surface area contributed by atoms with Gasteiger partial charge in [-0.25, -0.2) is 4.79 Å². The van der Waals surface area contributed by atoms with Gasteiger partial charge >= 0.3 is 6.03 Å². The van der Waals surface area contributed by atoms with Crippen molar-refractivity contribution >= 4 is 11.7 Å². The van der Waals surface area contributed by atoms with Crippen LogP contribution in [0.3, 0.4) is 0 Å². The Morgan fingerprint density at radius 1 is 1.10 bits per heavy atom. The standard InChI is InChI=1S/C21H32N6O2/c1-5-17-14-26(18(6-2)13-25(17)15-21(3,4)29)20(28)24-16-7-9-19(10-8-16)27-22-11-12-23-27/h7-12,17-18,29H,5-6,13-15H2,1-4H3,(H,24,28)/t17-,18-/m1/s1. The maximum absolute atomic E-state index is 13.0. The molecule has 2 aromatic rings. The van der Waals surface area contributed by atoms with Gasteiger partial charge in [0.05, 0.1) is 23.7 Å². The molecule has 2 atom stereocenters. The summed E-state index contributed by atoms with van der Waals surface area (Å²) in [6.45, 7) is 9.95. The quantitative estimate of drug-likeness (QED) is 0.779. The molecular formula is C21H32N6O2. The van der Waals surface area contributed by atoms with E-state index >= 15 is 0 Å². The number of aromatic nitrogens is 3. The Morgan fingerprint density at radius 2 is 1.72 bits per heavy atom. The number of hydrogen-bond donors (Lipinski definition) is 2. The molecule has 0 spiro atoms. The van der Waals surface area contributed by atoms with Crippen LogP contribution in [-0.2, 0) is 0 Å². The summed E-state index contributed by atoms with van der Waals surface area (Å²) in [5.74, 6) is 0. The molecule has 0 aliphatic carbocycles. The fourth-order valence-corrected chi connectivity index (χ4v) is 3.91. The van der Waals surface area contributed by atoms with E-state index in [9.17, 15) is 9.90 Å². The molecule has 1 aromatic heterocycles. The summed E-state index contributed by atoms with van der Waals surface area (Å²) >= 11 is 0. The average molecular weight is 401 g/mol. The normalized spacial score (nSPS) is 20.7. The number of hydrogen-bond acceptors (Lipinski definition) is 5. The van der Waals surface area contributed by atoms with Crippen molar-refractivity contribution in [1.29, 1.82) is 0 Å². The number of anilines is 1. The van der Waals surface area contributed by atoms with Gasteiger partial charge in [-0.2, -0.15) is 15.0 Å². The Hall–Kier alpha value is -2.45. The van der Waals surface area contributed by atoms with Gasteiger partial charge in [0.2, 0.25) is 0 Å². The van der Waals surface area contributed by atoms with Crippen molar-refractivity contribution in [3.8, 4) is 5.69 Å². The van der Waals surface area contributed by atoms with Crippen LogP contribution in [0.25, 0.3) is 5.69 Å². The zero-order chi connectivity index (χ0) is 21.0. The number of aliphatic hydroxyl groups is 1. The van der Waals surface area contributed by atoms with Gasteiger partial charge in [0, 0.05) is 37.4 Å². The van der Waals surface area contributed by atoms with Crippen LogP contribution in [0.1, 0.15) is 40.5 Å². The molecule has 1 aliphatic rings. The second-order valence-corrected chi connectivity index (χ2v) is 8.31. The van der Waals surface area contributed by atoms with Crippen molar-refractivity contribution in [2.75, 3.05) is 25.0 Å². The first-order chi connectivity index (χ1) is 13.8. The fourth-order valence-electron chi connectivity index (χ4n) is 3.91. The zero-order valence-corrected chi connectivity index (χ0v) is 17.7. The second kappa shape index (κ2) is 8.92. The van der Waals surface area contributed by atoms with Gasteiger partial charge in [-0.3, -0.25) is 4.90 Å². The summed E-state index contributed by atoms with van der Waals surface area (Å²) in [6.07, 6.45) is 5.06. The van der Waals surface area contributed by atoms with E-state index in [1.807, 2.05) is 43.0 Å². The highest BCUT2D eigenvalue weighted by molar-refractivity contribution is 5.89. The minimum absolute atomic E-state index is 0.0804. The van der Waals surface area contributed by atoms with Crippen LogP contribution < -0.4 is 5.32 Å². The molecule has 1 saturated heterocycles. The third-order valence-electron chi connectivity index (χ3n) is 5.37. The minimum Gasteiger partial charge on any atom is -0.389 e. The van der Waals surface area contributed by atoms with E-state index in [2.05, 4.69) is 34.3 Å². The number of carbonyl (C=O) groups excluding carboxylic acids is 1. The topological polar surface area (TPSA) is 86.5 Å². The molecule has 8 heteroatoms. The highest BCUT2D eigenvalue weighted by Gasteiger charge is 2.36. The summed E-state index contributed by atoms with van der Waals surface area (Å²) in [4.78, 5) is 18.8. The number of urea groups is 1. The number of β-amino-alcohol motifs (C(OH)–C–C–N with tert-alkyl or cyclic N) is 1. The van der Waals surface area contributed by atoms with Crippen LogP contribution in [0.15, 0.2) is 36.7 Å². The van der Waals surface area contributed by atoms with E-state index in [0.29, 0.717) is 13.1 Å². The predicted molar refractivity (Wildman–Crippen MR) is 113 cm³/mol. The molecule has 3 rings (SSSR count). The first-order valence-corrected chi connectivity index (χ1v) is 10.3. The molecule has 1 fully saturated rings. The molecule has 0 bridgehead atoms. The van der Waals surface area contributed by atoms with Crippen molar-refractivity contribution in [1.82, 2.24) is 24.8 Å². The highest BCUT2D eigenvalue weighted by atomic mass is 16.3. The van der Waals surface area contributed by atoms with Gasteiger partial charge in [-0.05, 0) is 51.0 Å². The molecule has 0 radical (unpaired) electrons. The lowest BCUT2D eigenvalue weighted by Crippen LogP contribution is -2.62. The number of nitrogens with zero attached hydrogens (tertiary/aromatic N) is 5. The molecule has 0 saturated carbocycles. The number of carbonyl (C=O) groups is 1. The largest absolute Gasteiger partial charge is 0.389 e. The molecule has 29 heavy (non-hydrogen) atoms. The predicted octanol–water partition coefficient (Wildman–Crippen LogP) is 2.74. The highest BCUT2D eigenvalue weighted by Crippen LogP contribution is 2.23. The lowest BCUT2D eigenvalue weighted by Gasteiger charge is -2.47. The Balaban J connectivity index is 1.67. The van der Waals surface area contributed by atoms with E-state index in [-0.39, 0.29) is 18.1 Å². The van der Waals surface area contributed by atoms with Crippen molar-refractivity contribution in [3.63, 3.8) is 0 Å². The average Bonchev–Trinajstić information content (AvgIpc) is 3.21. The van der Waals surface area contributed by atoms with Crippen molar-refractivity contribution in [3.05, 3.63) is 36.7 Å². The maximum atomic E-state index is 13.0. The molecular weight excluding hydrogens is 368 g/mol. The van der Waals surface area contributed by atoms with Gasteiger partial charge in [0.15, 0.2) is 0 Å². The van der Waals surface area contributed by atoms with Crippen LogP contribution in [0.4, 0.5) is 10.5 Å². The number of piperazine rings is 1. The summed E-state index contributed by atoms with van der Waals surface area (Å²) < 4.78 is 0. The number of rotatable bonds is 6. The van der Waals surface area contributed by atoms with Crippen LogP contribution in [-0.4, -0.2) is 73.3 Å². The lowest BCUT2D eigenvalue weighted by molar-refractivity contribution is -0.0173. The number of nitrogens with one attached hydrogen (secondary N) is 1. The third kappa shape index (κ3) is 5.33. The van der Waals surface area contributed by atoms with Gasteiger partial charge in [-0.1, -0.05) is 13.8 Å². The Kier molecular flexibility index (Phi) is 6.54.